The number of nitrogens with zero attached hydrogens (tertiary/aromatic N) is 1. The number of aliphatic hydroxyl groups is 1. The van der Waals surface area contributed by atoms with Crippen LogP contribution in [0.1, 0.15) is 12.5 Å². The van der Waals surface area contributed by atoms with Gasteiger partial charge in [0.25, 0.3) is 0 Å². The summed E-state index contributed by atoms with van der Waals surface area (Å²) in [5.74, 6) is -1.27. The number of benzene rings is 2. The van der Waals surface area contributed by atoms with Crippen LogP contribution in [0.15, 0.2) is 42.5 Å². The smallest absolute Gasteiger partial charge is 0.190 e. The summed E-state index contributed by atoms with van der Waals surface area (Å²) in [7, 11) is 3.96. The molecule has 0 spiro atoms. The fourth-order valence-electron chi connectivity index (χ4n) is 2.13. The molecule has 102 valence electrons. The van der Waals surface area contributed by atoms with Crippen molar-refractivity contribution in [1.82, 2.24) is 4.90 Å². The SMILES string of the molecule is CN(C)CCOC(C)(O)c1cccc2ccccc12. The fraction of sp³-hybridized carbons (Fsp3) is 0.375. The van der Waals surface area contributed by atoms with Crippen molar-refractivity contribution >= 4 is 10.8 Å². The first-order valence-electron chi connectivity index (χ1n) is 6.50. The molecular formula is C16H21NO2. The first-order chi connectivity index (χ1) is 9.00. The summed E-state index contributed by atoms with van der Waals surface area (Å²) >= 11 is 0. The largest absolute Gasteiger partial charge is 0.362 e. The zero-order valence-electron chi connectivity index (χ0n) is 11.8. The van der Waals surface area contributed by atoms with E-state index in [9.17, 15) is 5.11 Å². The summed E-state index contributed by atoms with van der Waals surface area (Å²) in [6, 6.07) is 13.9. The second kappa shape index (κ2) is 5.70. The van der Waals surface area contributed by atoms with Gasteiger partial charge in [0.1, 0.15) is 0 Å². The van der Waals surface area contributed by atoms with Crippen LogP contribution in [0.4, 0.5) is 0 Å². The molecule has 0 saturated carbocycles. The van der Waals surface area contributed by atoms with Crippen molar-refractivity contribution in [3.8, 4) is 0 Å². The first-order valence-corrected chi connectivity index (χ1v) is 6.50. The van der Waals surface area contributed by atoms with Gasteiger partial charge in [0.15, 0.2) is 5.79 Å². The van der Waals surface area contributed by atoms with Gasteiger partial charge in [-0.1, -0.05) is 42.5 Å². The van der Waals surface area contributed by atoms with E-state index < -0.39 is 5.79 Å². The molecule has 2 rings (SSSR count). The van der Waals surface area contributed by atoms with Gasteiger partial charge >= 0.3 is 0 Å². The third-order valence-electron chi connectivity index (χ3n) is 3.21. The maximum Gasteiger partial charge on any atom is 0.190 e. The van der Waals surface area contributed by atoms with E-state index in [1.54, 1.807) is 6.92 Å². The van der Waals surface area contributed by atoms with Gasteiger partial charge in [-0.25, -0.2) is 0 Å². The van der Waals surface area contributed by atoms with Crippen LogP contribution in [0.2, 0.25) is 0 Å². The van der Waals surface area contributed by atoms with E-state index in [1.807, 2.05) is 61.5 Å². The lowest BCUT2D eigenvalue weighted by Gasteiger charge is -2.26. The van der Waals surface area contributed by atoms with E-state index >= 15 is 0 Å². The molecule has 0 aliphatic carbocycles. The highest BCUT2D eigenvalue weighted by atomic mass is 16.6. The summed E-state index contributed by atoms with van der Waals surface area (Å²) in [5, 5.41) is 12.7. The van der Waals surface area contributed by atoms with E-state index in [4.69, 9.17) is 4.74 Å². The quantitative estimate of drug-likeness (QED) is 0.838. The van der Waals surface area contributed by atoms with E-state index in [-0.39, 0.29) is 0 Å². The Balaban J connectivity index is 2.27. The van der Waals surface area contributed by atoms with Crippen LogP contribution >= 0.6 is 0 Å². The third-order valence-corrected chi connectivity index (χ3v) is 3.21. The molecule has 0 amide bonds. The van der Waals surface area contributed by atoms with Crippen molar-refractivity contribution in [2.24, 2.45) is 0 Å². The van der Waals surface area contributed by atoms with Crippen molar-refractivity contribution in [2.75, 3.05) is 27.2 Å². The van der Waals surface area contributed by atoms with E-state index in [0.717, 1.165) is 22.9 Å². The molecule has 3 nitrogen and oxygen atoms in total. The Morgan fingerprint density at radius 2 is 1.79 bits per heavy atom. The fourth-order valence-corrected chi connectivity index (χ4v) is 2.13. The Bertz CT molecular complexity index is 544. The summed E-state index contributed by atoms with van der Waals surface area (Å²) < 4.78 is 5.65. The highest BCUT2D eigenvalue weighted by molar-refractivity contribution is 5.86. The first kappa shape index (κ1) is 14.0. The zero-order valence-corrected chi connectivity index (χ0v) is 11.8. The third kappa shape index (κ3) is 3.32. The number of hydrogen-bond donors (Lipinski definition) is 1. The lowest BCUT2D eigenvalue weighted by Crippen LogP contribution is -2.29. The normalized spacial score (nSPS) is 14.8. The minimum Gasteiger partial charge on any atom is -0.362 e. The summed E-state index contributed by atoms with van der Waals surface area (Å²) in [5.41, 5.74) is 0.810. The molecule has 1 N–H and O–H groups in total. The van der Waals surface area contributed by atoms with Gasteiger partial charge in [0.2, 0.25) is 0 Å². The molecule has 0 radical (unpaired) electrons. The van der Waals surface area contributed by atoms with Gasteiger partial charge in [-0.2, -0.15) is 0 Å². The molecule has 0 bridgehead atoms. The predicted molar refractivity (Wildman–Crippen MR) is 78.0 cm³/mol. The van der Waals surface area contributed by atoms with Crippen LogP contribution in [-0.2, 0) is 10.5 Å². The minimum absolute atomic E-state index is 0.489. The molecule has 0 saturated heterocycles. The Labute approximate surface area is 114 Å². The van der Waals surface area contributed by atoms with Crippen molar-refractivity contribution in [3.05, 3.63) is 48.0 Å². The highest BCUT2D eigenvalue weighted by Crippen LogP contribution is 2.29. The minimum atomic E-state index is -1.27. The molecule has 3 heteroatoms. The number of rotatable bonds is 5. The number of hydrogen-bond acceptors (Lipinski definition) is 3. The van der Waals surface area contributed by atoms with Crippen LogP contribution in [-0.4, -0.2) is 37.3 Å². The zero-order chi connectivity index (χ0) is 13.9. The molecule has 0 heterocycles. The van der Waals surface area contributed by atoms with Gasteiger partial charge in [0.05, 0.1) is 6.61 Å². The standard InChI is InChI=1S/C16H21NO2/c1-16(18,19-12-11-17(2)3)15-10-6-8-13-7-4-5-9-14(13)15/h4-10,18H,11-12H2,1-3H3. The highest BCUT2D eigenvalue weighted by Gasteiger charge is 2.25. The van der Waals surface area contributed by atoms with Gasteiger partial charge in [-0.05, 0) is 31.8 Å². The summed E-state index contributed by atoms with van der Waals surface area (Å²) in [6.45, 7) is 2.97. The molecule has 0 aromatic heterocycles. The van der Waals surface area contributed by atoms with Gasteiger partial charge in [-0.3, -0.25) is 0 Å². The average Bonchev–Trinajstić information content (AvgIpc) is 2.37. The van der Waals surface area contributed by atoms with Crippen molar-refractivity contribution in [3.63, 3.8) is 0 Å². The van der Waals surface area contributed by atoms with Crippen LogP contribution in [0, 0.1) is 0 Å². The lowest BCUT2D eigenvalue weighted by molar-refractivity contribution is -0.198. The monoisotopic (exact) mass is 259 g/mol. The molecule has 0 fully saturated rings. The maximum atomic E-state index is 10.6. The Kier molecular flexibility index (Phi) is 4.20. The summed E-state index contributed by atoms with van der Waals surface area (Å²) in [6.07, 6.45) is 0. The van der Waals surface area contributed by atoms with Gasteiger partial charge < -0.3 is 14.7 Å². The lowest BCUT2D eigenvalue weighted by atomic mass is 9.99. The second-order valence-corrected chi connectivity index (χ2v) is 5.16. The van der Waals surface area contributed by atoms with Crippen LogP contribution < -0.4 is 0 Å². The topological polar surface area (TPSA) is 32.7 Å². The van der Waals surface area contributed by atoms with Crippen LogP contribution in [0.5, 0.6) is 0 Å². The average molecular weight is 259 g/mol. The molecule has 19 heavy (non-hydrogen) atoms. The van der Waals surface area contributed by atoms with E-state index in [1.165, 1.54) is 0 Å². The molecule has 2 aromatic carbocycles. The van der Waals surface area contributed by atoms with Crippen molar-refractivity contribution < 1.29 is 9.84 Å². The van der Waals surface area contributed by atoms with Crippen molar-refractivity contribution in [1.29, 1.82) is 0 Å². The summed E-state index contributed by atoms with van der Waals surface area (Å²) in [4.78, 5) is 2.03. The molecule has 0 aliphatic rings. The van der Waals surface area contributed by atoms with Crippen LogP contribution in [0.3, 0.4) is 0 Å². The van der Waals surface area contributed by atoms with E-state index in [0.29, 0.717) is 6.61 Å². The molecule has 2 aromatic rings. The molecular weight excluding hydrogens is 238 g/mol. The number of likely N-dealkylation sites (N-methyl/N-ethyl adjacent to an activating group) is 1. The maximum absolute atomic E-state index is 10.6. The van der Waals surface area contributed by atoms with Crippen LogP contribution in [0.25, 0.3) is 10.8 Å². The van der Waals surface area contributed by atoms with Gasteiger partial charge in [-0.15, -0.1) is 0 Å². The Morgan fingerprint density at radius 3 is 2.53 bits per heavy atom. The number of ether oxygens (including phenoxy) is 1. The predicted octanol–water partition coefficient (Wildman–Crippen LogP) is 2.58. The second-order valence-electron chi connectivity index (χ2n) is 5.16. The van der Waals surface area contributed by atoms with Crippen molar-refractivity contribution in [2.45, 2.75) is 12.7 Å². The van der Waals surface area contributed by atoms with E-state index in [2.05, 4.69) is 0 Å². The molecule has 1 atom stereocenters. The molecule has 0 aliphatic heterocycles. The number of fused-ring (bicyclic) bond motifs is 1. The van der Waals surface area contributed by atoms with Gasteiger partial charge in [0, 0.05) is 12.1 Å². The Hall–Kier alpha value is -1.42. The molecule has 1 unspecified atom stereocenters. The Morgan fingerprint density at radius 1 is 1.11 bits per heavy atom.